The minimum absolute atomic E-state index is 0.0908. The molecule has 14 rings (SSSR count). The summed E-state index contributed by atoms with van der Waals surface area (Å²) >= 11 is 0. The van der Waals surface area contributed by atoms with Crippen LogP contribution in [0.2, 0.25) is 0 Å². The largest absolute Gasteiger partial charge is 0.375 e. The fraction of sp³-hybridized carbons (Fsp3) is 0.0769. The Hall–Kier alpha value is -8.14. The molecule has 68 heavy (non-hydrogen) atoms. The van der Waals surface area contributed by atoms with Gasteiger partial charge in [0.05, 0.1) is 11.0 Å². The van der Waals surface area contributed by atoms with E-state index in [-0.39, 0.29) is 6.85 Å². The summed E-state index contributed by atoms with van der Waals surface area (Å²) in [5.74, 6) is 0. The van der Waals surface area contributed by atoms with Gasteiger partial charge in [0.1, 0.15) is 0 Å². The summed E-state index contributed by atoms with van der Waals surface area (Å²) in [5, 5.41) is 5.13. The van der Waals surface area contributed by atoms with Crippen molar-refractivity contribution in [2.45, 2.75) is 34.6 Å². The maximum Gasteiger partial charge on any atom is 0.333 e. The van der Waals surface area contributed by atoms with Gasteiger partial charge in [-0.05, 0) is 184 Å². The Balaban J connectivity index is 1.19. The van der Waals surface area contributed by atoms with Crippen LogP contribution in [0.5, 0.6) is 0 Å². The van der Waals surface area contributed by atoms with Crippen LogP contribution in [-0.2, 0) is 0 Å². The molecule has 0 spiro atoms. The van der Waals surface area contributed by atoms with Crippen molar-refractivity contribution < 1.29 is 0 Å². The van der Waals surface area contributed by atoms with E-state index in [0.29, 0.717) is 0 Å². The Kier molecular flexibility index (Phi) is 8.29. The minimum atomic E-state index is -0.0908. The number of hydrogen-bond donors (Lipinski definition) is 0. The molecule has 0 saturated carbocycles. The highest BCUT2D eigenvalue weighted by Crippen LogP contribution is 2.48. The molecule has 12 aromatic rings. The molecule has 0 unspecified atom stereocenters. The van der Waals surface area contributed by atoms with Crippen molar-refractivity contribution in [3.8, 4) is 72.4 Å². The van der Waals surface area contributed by atoms with Gasteiger partial charge in [0.25, 0.3) is 0 Å². The number of benzene rings is 10. The van der Waals surface area contributed by atoms with E-state index in [0.717, 1.165) is 0 Å². The zero-order valence-corrected chi connectivity index (χ0v) is 38.9. The molecule has 2 aliphatic heterocycles. The lowest BCUT2D eigenvalue weighted by atomic mass is 9.45. The Labute approximate surface area is 397 Å². The third-order valence-corrected chi connectivity index (χ3v) is 15.4. The van der Waals surface area contributed by atoms with Gasteiger partial charge in [0.2, 0.25) is 0 Å². The van der Waals surface area contributed by atoms with E-state index in [1.807, 2.05) is 0 Å². The Bertz CT molecular complexity index is 4110. The summed E-state index contributed by atoms with van der Waals surface area (Å²) in [6.07, 6.45) is 0. The van der Waals surface area contributed by atoms with E-state index < -0.39 is 0 Å². The maximum atomic E-state index is 2.73. The fourth-order valence-electron chi connectivity index (χ4n) is 12.6. The summed E-state index contributed by atoms with van der Waals surface area (Å²) in [4.78, 5) is 0. The molecule has 0 fully saturated rings. The predicted octanol–water partition coefficient (Wildman–Crippen LogP) is 15.7. The average molecular weight is 867 g/mol. The Morgan fingerprint density at radius 3 is 1.59 bits per heavy atom. The smallest absolute Gasteiger partial charge is 0.333 e. The molecule has 0 radical (unpaired) electrons. The highest BCUT2D eigenvalue weighted by Gasteiger charge is 2.42. The van der Waals surface area contributed by atoms with E-state index in [1.54, 1.807) is 0 Å². The van der Waals surface area contributed by atoms with Gasteiger partial charge in [-0.2, -0.15) is 0 Å². The molecule has 2 aromatic heterocycles. The second kappa shape index (κ2) is 14.4. The van der Waals surface area contributed by atoms with Crippen LogP contribution in [0.25, 0.3) is 116 Å². The zero-order chi connectivity index (χ0) is 45.5. The molecular weight excluding hydrogens is 820 g/mol. The maximum absolute atomic E-state index is 2.73. The normalized spacial score (nSPS) is 12.5. The van der Waals surface area contributed by atoms with E-state index >= 15 is 0 Å². The zero-order valence-electron chi connectivity index (χ0n) is 38.9. The van der Waals surface area contributed by atoms with E-state index in [1.165, 1.54) is 155 Å². The topological polar surface area (TPSA) is 9.86 Å². The summed E-state index contributed by atoms with van der Waals surface area (Å²) < 4.78 is 5.37. The quantitative estimate of drug-likeness (QED) is 0.153. The van der Waals surface area contributed by atoms with Crippen molar-refractivity contribution in [2.75, 3.05) is 0 Å². The van der Waals surface area contributed by atoms with Crippen LogP contribution in [-0.4, -0.2) is 15.9 Å². The molecule has 2 aliphatic rings. The molecule has 0 atom stereocenters. The molecule has 2 nitrogen and oxygen atoms in total. The average Bonchev–Trinajstić information content (AvgIpc) is 3.87. The number of hydrogen-bond acceptors (Lipinski definition) is 0. The number of fused-ring (bicyclic) bond motifs is 10. The first-order valence-electron chi connectivity index (χ1n) is 24.0. The van der Waals surface area contributed by atoms with Crippen LogP contribution < -0.4 is 10.9 Å². The van der Waals surface area contributed by atoms with Gasteiger partial charge in [-0.1, -0.05) is 145 Å². The van der Waals surface area contributed by atoms with Crippen molar-refractivity contribution in [3.63, 3.8) is 0 Å². The van der Waals surface area contributed by atoms with Gasteiger partial charge in [-0.3, -0.25) is 0 Å². The molecule has 0 bridgehead atoms. The second-order valence-electron chi connectivity index (χ2n) is 19.5. The Morgan fingerprint density at radius 2 is 0.882 bits per heavy atom. The molecule has 0 N–H and O–H groups in total. The molecule has 0 amide bonds. The van der Waals surface area contributed by atoms with E-state index in [2.05, 4.69) is 238 Å². The highest BCUT2D eigenvalue weighted by molar-refractivity contribution is 6.90. The summed E-state index contributed by atoms with van der Waals surface area (Å²) in [6.45, 7) is 11.2. The van der Waals surface area contributed by atoms with Gasteiger partial charge in [0, 0.05) is 43.8 Å². The summed E-state index contributed by atoms with van der Waals surface area (Å²) in [5.41, 5.74) is 30.6. The third kappa shape index (κ3) is 5.53. The second-order valence-corrected chi connectivity index (χ2v) is 19.5. The van der Waals surface area contributed by atoms with Gasteiger partial charge in [0.15, 0.2) is 0 Å². The first-order chi connectivity index (χ1) is 33.3. The standard InChI is InChI=1S/C65H47BN2/c1-38-28-41(4)62(42(5)29-38)49-35-54-57-34-48(51-23-15-13-17-40(51)3)33-55-53-31-46(50-22-14-12-16-39(50)2)25-27-60(53)68(64(55)57)66-58-36-47(44-20-10-7-11-21-44)32-56-52-30-45(43-18-8-6-9-19-43)24-26-59(52)67(65(56)58)61(37-49)63(54)66/h6-37H,1-5H3. The summed E-state index contributed by atoms with van der Waals surface area (Å²) in [6, 6.07) is 73.7. The fourth-order valence-corrected chi connectivity index (χ4v) is 12.6. The van der Waals surface area contributed by atoms with Crippen molar-refractivity contribution in [3.05, 3.63) is 222 Å². The molecule has 0 saturated heterocycles. The third-order valence-electron chi connectivity index (χ3n) is 15.4. The lowest BCUT2D eigenvalue weighted by Crippen LogP contribution is -2.55. The lowest BCUT2D eigenvalue weighted by molar-refractivity contribution is 1.17. The van der Waals surface area contributed by atoms with Gasteiger partial charge < -0.3 is 9.05 Å². The molecule has 3 heteroatoms. The van der Waals surface area contributed by atoms with Crippen LogP contribution in [0.3, 0.4) is 0 Å². The number of nitrogens with zero attached hydrogens (tertiary/aromatic N) is 2. The van der Waals surface area contributed by atoms with Crippen molar-refractivity contribution in [2.24, 2.45) is 0 Å². The number of aromatic nitrogens is 2. The van der Waals surface area contributed by atoms with Crippen LogP contribution in [0.1, 0.15) is 27.8 Å². The molecule has 0 aliphatic carbocycles. The van der Waals surface area contributed by atoms with Crippen molar-refractivity contribution >= 4 is 61.4 Å². The lowest BCUT2D eigenvalue weighted by Gasteiger charge is -2.35. The molecular formula is C65H47BN2. The molecule has 4 heterocycles. The summed E-state index contributed by atoms with van der Waals surface area (Å²) in [7, 11) is 0. The molecule has 10 aromatic carbocycles. The number of aryl methyl sites for hydroxylation is 5. The predicted molar refractivity (Wildman–Crippen MR) is 291 cm³/mol. The monoisotopic (exact) mass is 866 g/mol. The van der Waals surface area contributed by atoms with Crippen LogP contribution in [0.4, 0.5) is 0 Å². The highest BCUT2D eigenvalue weighted by atomic mass is 15.0. The van der Waals surface area contributed by atoms with E-state index in [9.17, 15) is 0 Å². The van der Waals surface area contributed by atoms with Crippen LogP contribution in [0.15, 0.2) is 194 Å². The SMILES string of the molecule is Cc1cc(C)c(-c2cc3c4c(c2)-n2c5ccc(-c6ccccc6)cc5c5cc(-c6ccccc6)cc(c52)B4n2c4ccc(-c5ccccc5C)cc4c4cc(-c5ccccc5C)cc-3c42)c(C)c1. The van der Waals surface area contributed by atoms with E-state index in [4.69, 9.17) is 0 Å². The van der Waals surface area contributed by atoms with Crippen molar-refractivity contribution in [1.82, 2.24) is 9.05 Å². The van der Waals surface area contributed by atoms with Crippen LogP contribution >= 0.6 is 0 Å². The first-order valence-corrected chi connectivity index (χ1v) is 24.0. The van der Waals surface area contributed by atoms with Crippen LogP contribution in [0, 0.1) is 34.6 Å². The first kappa shape index (κ1) is 39.1. The van der Waals surface area contributed by atoms with Crippen molar-refractivity contribution in [1.29, 1.82) is 0 Å². The Morgan fingerprint density at radius 1 is 0.338 bits per heavy atom. The number of rotatable bonds is 5. The minimum Gasteiger partial charge on any atom is -0.375 e. The van der Waals surface area contributed by atoms with Gasteiger partial charge in [-0.25, -0.2) is 0 Å². The molecule has 320 valence electrons. The van der Waals surface area contributed by atoms with Gasteiger partial charge >= 0.3 is 6.85 Å². The van der Waals surface area contributed by atoms with Gasteiger partial charge in [-0.15, -0.1) is 0 Å².